The Kier molecular flexibility index (Phi) is 1.85. The molecule has 1 rings (SSSR count). The van der Waals surface area contributed by atoms with Gasteiger partial charge in [-0.25, -0.2) is 0 Å². The van der Waals surface area contributed by atoms with Gasteiger partial charge in [0.25, 0.3) is 0 Å². The highest BCUT2D eigenvalue weighted by Gasteiger charge is 1.80. The van der Waals surface area contributed by atoms with Gasteiger partial charge in [0.15, 0.2) is 0 Å². The van der Waals surface area contributed by atoms with Crippen LogP contribution in [0.4, 0.5) is 5.69 Å². The summed E-state index contributed by atoms with van der Waals surface area (Å²) in [5.74, 6) is 0. The second kappa shape index (κ2) is 2.87. The maximum absolute atomic E-state index is 3.85. The normalized spacial score (nSPS) is 8.44. The van der Waals surface area contributed by atoms with Crippen LogP contribution in [-0.2, 0) is 0 Å². The number of hydrogen-bond acceptors (Lipinski definition) is 2. The lowest BCUT2D eigenvalue weighted by Crippen LogP contribution is -1.84. The van der Waals surface area contributed by atoms with Crippen LogP contribution in [0.2, 0.25) is 0 Å². The maximum Gasteiger partial charge on any atom is 0.0410 e. The fraction of sp³-hybridized carbons (Fsp3) is 0. The number of pyridine rings is 1. The Morgan fingerprint density at radius 3 is 2.67 bits per heavy atom. The molecule has 1 heterocycles. The molecule has 46 valence electrons. The summed E-state index contributed by atoms with van der Waals surface area (Å²) >= 11 is 0. The highest BCUT2D eigenvalue weighted by Crippen LogP contribution is 2.01. The molecule has 1 N–H and O–H groups in total. The van der Waals surface area contributed by atoms with Gasteiger partial charge in [-0.1, -0.05) is 6.58 Å². The van der Waals surface area contributed by atoms with Crippen molar-refractivity contribution in [2.75, 3.05) is 5.32 Å². The minimum atomic E-state index is 1.01. The first-order valence-corrected chi connectivity index (χ1v) is 2.71. The van der Waals surface area contributed by atoms with Crippen LogP contribution in [0.25, 0.3) is 0 Å². The largest absolute Gasteiger partial charge is 0.362 e. The van der Waals surface area contributed by atoms with Gasteiger partial charge in [0.1, 0.15) is 0 Å². The van der Waals surface area contributed by atoms with E-state index in [9.17, 15) is 0 Å². The fourth-order valence-corrected chi connectivity index (χ4v) is 0.566. The molecule has 1 aromatic heterocycles. The van der Waals surface area contributed by atoms with Crippen LogP contribution in [-0.4, -0.2) is 4.98 Å². The molecular weight excluding hydrogens is 112 g/mol. The van der Waals surface area contributed by atoms with Gasteiger partial charge in [-0.05, 0) is 18.3 Å². The first-order valence-electron chi connectivity index (χ1n) is 2.71. The van der Waals surface area contributed by atoms with Crippen molar-refractivity contribution in [1.29, 1.82) is 0 Å². The molecule has 0 spiro atoms. The summed E-state index contributed by atoms with van der Waals surface area (Å²) < 4.78 is 0. The zero-order chi connectivity index (χ0) is 6.53. The summed E-state index contributed by atoms with van der Waals surface area (Å²) in [7, 11) is 0. The Morgan fingerprint density at radius 2 is 2.11 bits per heavy atom. The van der Waals surface area contributed by atoms with E-state index in [4.69, 9.17) is 0 Å². The molecular formula is C7H8N2. The molecule has 0 unspecified atom stereocenters. The molecule has 0 aromatic carbocycles. The van der Waals surface area contributed by atoms with Crippen LogP contribution in [0.3, 0.4) is 0 Å². The topological polar surface area (TPSA) is 24.9 Å². The Morgan fingerprint density at radius 1 is 1.44 bits per heavy atom. The summed E-state index contributed by atoms with van der Waals surface area (Å²) in [6.45, 7) is 3.52. The minimum absolute atomic E-state index is 1.01. The van der Waals surface area contributed by atoms with Crippen molar-refractivity contribution >= 4 is 5.69 Å². The van der Waals surface area contributed by atoms with E-state index in [0.29, 0.717) is 0 Å². The van der Waals surface area contributed by atoms with E-state index in [0.717, 1.165) is 5.69 Å². The third-order valence-corrected chi connectivity index (χ3v) is 0.949. The van der Waals surface area contributed by atoms with E-state index < -0.39 is 0 Å². The zero-order valence-electron chi connectivity index (χ0n) is 5.04. The van der Waals surface area contributed by atoms with Crippen molar-refractivity contribution in [1.82, 2.24) is 4.98 Å². The van der Waals surface area contributed by atoms with E-state index in [2.05, 4.69) is 16.9 Å². The van der Waals surface area contributed by atoms with Crippen molar-refractivity contribution in [2.45, 2.75) is 0 Å². The van der Waals surface area contributed by atoms with Gasteiger partial charge >= 0.3 is 0 Å². The summed E-state index contributed by atoms with van der Waals surface area (Å²) in [6, 6.07) is 3.75. The molecule has 0 fully saturated rings. The third-order valence-electron chi connectivity index (χ3n) is 0.949. The van der Waals surface area contributed by atoms with Crippen molar-refractivity contribution in [3.05, 3.63) is 37.3 Å². The Balaban J connectivity index is 2.72. The van der Waals surface area contributed by atoms with Gasteiger partial charge in [0.05, 0.1) is 0 Å². The number of nitrogens with zero attached hydrogens (tertiary/aromatic N) is 1. The van der Waals surface area contributed by atoms with Gasteiger partial charge in [-0.2, -0.15) is 0 Å². The molecule has 0 saturated carbocycles. The summed E-state index contributed by atoms with van der Waals surface area (Å²) in [5.41, 5.74) is 1.01. The lowest BCUT2D eigenvalue weighted by Gasteiger charge is -1.95. The number of anilines is 1. The van der Waals surface area contributed by atoms with Crippen LogP contribution in [0.15, 0.2) is 37.3 Å². The fourth-order valence-electron chi connectivity index (χ4n) is 0.566. The molecule has 0 atom stereocenters. The summed E-state index contributed by atoms with van der Waals surface area (Å²) in [6.07, 6.45) is 5.09. The average molecular weight is 120 g/mol. The van der Waals surface area contributed by atoms with Crippen molar-refractivity contribution in [3.63, 3.8) is 0 Å². The van der Waals surface area contributed by atoms with E-state index in [1.165, 1.54) is 0 Å². The quantitative estimate of drug-likeness (QED) is 0.641. The molecule has 1 aromatic rings. The van der Waals surface area contributed by atoms with Crippen LogP contribution >= 0.6 is 0 Å². The number of hydrogen-bond donors (Lipinski definition) is 1. The first-order chi connectivity index (χ1) is 4.43. The lowest BCUT2D eigenvalue weighted by molar-refractivity contribution is 1.33. The Labute approximate surface area is 54.2 Å². The molecule has 0 aliphatic heterocycles. The van der Waals surface area contributed by atoms with Crippen LogP contribution in [0, 0.1) is 0 Å². The first kappa shape index (κ1) is 5.82. The van der Waals surface area contributed by atoms with Crippen molar-refractivity contribution in [2.24, 2.45) is 0 Å². The molecule has 2 nitrogen and oxygen atoms in total. The molecule has 0 bridgehead atoms. The third kappa shape index (κ3) is 1.57. The van der Waals surface area contributed by atoms with Crippen molar-refractivity contribution < 1.29 is 0 Å². The van der Waals surface area contributed by atoms with Gasteiger partial charge < -0.3 is 5.32 Å². The van der Waals surface area contributed by atoms with Crippen molar-refractivity contribution in [3.8, 4) is 0 Å². The molecule has 0 saturated heterocycles. The summed E-state index contributed by atoms with van der Waals surface area (Å²) in [5, 5.41) is 2.93. The molecule has 9 heavy (non-hydrogen) atoms. The second-order valence-corrected chi connectivity index (χ2v) is 1.58. The van der Waals surface area contributed by atoms with Gasteiger partial charge in [-0.15, -0.1) is 0 Å². The predicted molar refractivity (Wildman–Crippen MR) is 38.1 cm³/mol. The van der Waals surface area contributed by atoms with Gasteiger partial charge in [-0.3, -0.25) is 4.98 Å². The number of nitrogens with one attached hydrogen (secondary N) is 1. The summed E-state index contributed by atoms with van der Waals surface area (Å²) in [4.78, 5) is 3.85. The molecule has 0 radical (unpaired) electrons. The van der Waals surface area contributed by atoms with E-state index in [1.54, 1.807) is 18.6 Å². The minimum Gasteiger partial charge on any atom is -0.362 e. The highest BCUT2D eigenvalue weighted by atomic mass is 14.8. The van der Waals surface area contributed by atoms with Crippen LogP contribution in [0.5, 0.6) is 0 Å². The number of aromatic nitrogens is 1. The van der Waals surface area contributed by atoms with Crippen LogP contribution < -0.4 is 5.32 Å². The van der Waals surface area contributed by atoms with E-state index in [1.807, 2.05) is 12.1 Å². The smallest absolute Gasteiger partial charge is 0.0410 e. The zero-order valence-corrected chi connectivity index (χ0v) is 5.04. The Bertz CT molecular complexity index is 181. The molecule has 0 aliphatic carbocycles. The number of rotatable bonds is 2. The second-order valence-electron chi connectivity index (χ2n) is 1.58. The monoisotopic (exact) mass is 120 g/mol. The van der Waals surface area contributed by atoms with E-state index in [-0.39, 0.29) is 0 Å². The van der Waals surface area contributed by atoms with E-state index >= 15 is 0 Å². The van der Waals surface area contributed by atoms with Gasteiger partial charge in [0.2, 0.25) is 0 Å². The SMILES string of the molecule is C=CNc1ccncc1. The standard InChI is InChI=1S/C7H8N2/c1-2-9-7-3-5-8-6-4-7/h2-6H,1H2,(H,8,9). The Hall–Kier alpha value is -1.31. The average Bonchev–Trinajstić information content (AvgIpc) is 1.91. The van der Waals surface area contributed by atoms with Gasteiger partial charge in [0, 0.05) is 18.1 Å². The lowest BCUT2D eigenvalue weighted by atomic mass is 10.4. The molecule has 2 heteroatoms. The molecule has 0 aliphatic rings. The highest BCUT2D eigenvalue weighted by molar-refractivity contribution is 5.42. The predicted octanol–water partition coefficient (Wildman–Crippen LogP) is 1.64. The van der Waals surface area contributed by atoms with Crippen LogP contribution in [0.1, 0.15) is 0 Å². The molecule has 0 amide bonds. The maximum atomic E-state index is 3.85.